The van der Waals surface area contributed by atoms with Gasteiger partial charge in [-0.05, 0) is 46.0 Å². The van der Waals surface area contributed by atoms with Crippen LogP contribution >= 0.6 is 0 Å². The van der Waals surface area contributed by atoms with E-state index in [-0.39, 0.29) is 12.6 Å². The first-order chi connectivity index (χ1) is 9.43. The van der Waals surface area contributed by atoms with Crippen LogP contribution in [-0.2, 0) is 6.54 Å². The zero-order chi connectivity index (χ0) is 14.9. The fraction of sp³-hybridized carbons (Fsp3) is 0.400. The van der Waals surface area contributed by atoms with Crippen LogP contribution in [0.5, 0.6) is 0 Å². The fourth-order valence-electron chi connectivity index (χ4n) is 2.46. The molecular formula is C15H19F2N3. The van der Waals surface area contributed by atoms with Gasteiger partial charge in [-0.2, -0.15) is 5.10 Å². The summed E-state index contributed by atoms with van der Waals surface area (Å²) in [5.41, 5.74) is 3.28. The van der Waals surface area contributed by atoms with Crippen LogP contribution in [0, 0.1) is 25.5 Å². The van der Waals surface area contributed by atoms with Crippen LogP contribution in [0.3, 0.4) is 0 Å². The van der Waals surface area contributed by atoms with E-state index in [0.29, 0.717) is 5.56 Å². The number of hydrogen-bond acceptors (Lipinski definition) is 2. The lowest BCUT2D eigenvalue weighted by Gasteiger charge is -2.11. The van der Waals surface area contributed by atoms with Crippen LogP contribution in [0.15, 0.2) is 18.2 Å². The molecule has 0 amide bonds. The van der Waals surface area contributed by atoms with E-state index in [9.17, 15) is 8.78 Å². The van der Waals surface area contributed by atoms with E-state index in [1.165, 1.54) is 6.07 Å². The summed E-state index contributed by atoms with van der Waals surface area (Å²) in [6.45, 7) is 6.14. The van der Waals surface area contributed by atoms with E-state index in [2.05, 4.69) is 10.4 Å². The molecule has 0 saturated heterocycles. The Labute approximate surface area is 117 Å². The van der Waals surface area contributed by atoms with Crippen molar-refractivity contribution in [2.24, 2.45) is 0 Å². The molecule has 0 spiro atoms. The van der Waals surface area contributed by atoms with Crippen molar-refractivity contribution in [3.8, 4) is 0 Å². The minimum atomic E-state index is -0.438. The van der Waals surface area contributed by atoms with Crippen molar-refractivity contribution < 1.29 is 8.78 Å². The maximum absolute atomic E-state index is 13.7. The molecule has 2 aromatic rings. The Kier molecular flexibility index (Phi) is 4.18. The van der Waals surface area contributed by atoms with Crippen molar-refractivity contribution in [1.82, 2.24) is 15.1 Å². The summed E-state index contributed by atoms with van der Waals surface area (Å²) in [6.07, 6.45) is 0. The van der Waals surface area contributed by atoms with Crippen LogP contribution in [0.4, 0.5) is 8.78 Å². The van der Waals surface area contributed by atoms with Crippen molar-refractivity contribution in [1.29, 1.82) is 0 Å². The summed E-state index contributed by atoms with van der Waals surface area (Å²) in [7, 11) is 1.88. The summed E-state index contributed by atoms with van der Waals surface area (Å²) >= 11 is 0. The van der Waals surface area contributed by atoms with Crippen molar-refractivity contribution in [2.75, 3.05) is 7.05 Å². The van der Waals surface area contributed by atoms with E-state index < -0.39 is 11.6 Å². The van der Waals surface area contributed by atoms with Gasteiger partial charge in [0.15, 0.2) is 0 Å². The molecule has 0 aliphatic carbocycles. The minimum absolute atomic E-state index is 0.168. The van der Waals surface area contributed by atoms with Gasteiger partial charge in [0, 0.05) is 22.9 Å². The van der Waals surface area contributed by atoms with Gasteiger partial charge < -0.3 is 5.32 Å². The molecule has 0 fully saturated rings. The lowest BCUT2D eigenvalue weighted by molar-refractivity contribution is 0.560. The normalized spacial score (nSPS) is 12.7. The molecule has 5 heteroatoms. The Morgan fingerprint density at radius 3 is 2.65 bits per heavy atom. The van der Waals surface area contributed by atoms with Crippen LogP contribution in [0.1, 0.15) is 35.5 Å². The number of aryl methyl sites for hydroxylation is 1. The van der Waals surface area contributed by atoms with E-state index >= 15 is 0 Å². The first-order valence-electron chi connectivity index (χ1n) is 6.59. The fourth-order valence-corrected chi connectivity index (χ4v) is 2.46. The first-order valence-corrected chi connectivity index (χ1v) is 6.59. The highest BCUT2D eigenvalue weighted by Crippen LogP contribution is 2.22. The molecule has 1 aromatic heterocycles. The summed E-state index contributed by atoms with van der Waals surface area (Å²) in [5.74, 6) is -0.853. The lowest BCUT2D eigenvalue weighted by atomic mass is 10.1. The van der Waals surface area contributed by atoms with Gasteiger partial charge in [0.25, 0.3) is 0 Å². The Balaban J connectivity index is 2.37. The largest absolute Gasteiger partial charge is 0.313 e. The highest BCUT2D eigenvalue weighted by atomic mass is 19.1. The Bertz CT molecular complexity index is 620. The summed E-state index contributed by atoms with van der Waals surface area (Å²) in [4.78, 5) is 0. The molecule has 0 bridgehead atoms. The average Bonchev–Trinajstić information content (AvgIpc) is 2.68. The zero-order valence-corrected chi connectivity index (χ0v) is 12.2. The molecule has 1 heterocycles. The number of benzene rings is 1. The van der Waals surface area contributed by atoms with Crippen molar-refractivity contribution in [2.45, 2.75) is 33.4 Å². The van der Waals surface area contributed by atoms with Gasteiger partial charge in [-0.15, -0.1) is 0 Å². The van der Waals surface area contributed by atoms with Crippen LogP contribution < -0.4 is 5.32 Å². The quantitative estimate of drug-likeness (QED) is 0.932. The number of nitrogens with zero attached hydrogens (tertiary/aromatic N) is 2. The van der Waals surface area contributed by atoms with Crippen LogP contribution in [0.2, 0.25) is 0 Å². The molecule has 2 rings (SSSR count). The second kappa shape index (κ2) is 5.71. The third kappa shape index (κ3) is 2.72. The van der Waals surface area contributed by atoms with Gasteiger partial charge in [0.2, 0.25) is 0 Å². The Hall–Kier alpha value is -1.75. The molecule has 0 radical (unpaired) electrons. The monoisotopic (exact) mass is 279 g/mol. The predicted molar refractivity (Wildman–Crippen MR) is 74.6 cm³/mol. The molecule has 20 heavy (non-hydrogen) atoms. The summed E-state index contributed by atoms with van der Waals surface area (Å²) in [6, 6.07) is 3.65. The number of nitrogens with one attached hydrogen (secondary N) is 1. The Morgan fingerprint density at radius 1 is 1.30 bits per heavy atom. The van der Waals surface area contributed by atoms with Crippen molar-refractivity contribution >= 4 is 0 Å². The molecule has 0 aliphatic heterocycles. The van der Waals surface area contributed by atoms with E-state index in [4.69, 9.17) is 0 Å². The molecule has 3 nitrogen and oxygen atoms in total. The molecule has 1 unspecified atom stereocenters. The third-order valence-electron chi connectivity index (χ3n) is 3.63. The second-order valence-electron chi connectivity index (χ2n) is 4.99. The number of hydrogen-bond donors (Lipinski definition) is 1. The van der Waals surface area contributed by atoms with Gasteiger partial charge in [-0.3, -0.25) is 4.68 Å². The number of halogens is 2. The molecule has 0 aliphatic rings. The molecular weight excluding hydrogens is 260 g/mol. The van der Waals surface area contributed by atoms with Gasteiger partial charge in [0.05, 0.1) is 12.2 Å². The Morgan fingerprint density at radius 2 is 2.00 bits per heavy atom. The van der Waals surface area contributed by atoms with Gasteiger partial charge in [-0.1, -0.05) is 0 Å². The highest BCUT2D eigenvalue weighted by molar-refractivity contribution is 5.29. The van der Waals surface area contributed by atoms with Crippen molar-refractivity contribution in [3.63, 3.8) is 0 Å². The van der Waals surface area contributed by atoms with Gasteiger partial charge >= 0.3 is 0 Å². The number of rotatable bonds is 4. The lowest BCUT2D eigenvalue weighted by Crippen LogP contribution is -2.14. The minimum Gasteiger partial charge on any atom is -0.313 e. The standard InChI is InChI=1S/C15H19F2N3/c1-9(18-4)15-10(2)19-20(11(15)3)8-12-7-13(16)5-6-14(12)17/h5-7,9,18H,8H2,1-4H3. The highest BCUT2D eigenvalue weighted by Gasteiger charge is 2.17. The van der Waals surface area contributed by atoms with E-state index in [1.54, 1.807) is 4.68 Å². The molecule has 0 saturated carbocycles. The SMILES string of the molecule is CNC(C)c1c(C)nn(Cc2cc(F)ccc2F)c1C. The predicted octanol–water partition coefficient (Wildman–Crippen LogP) is 3.11. The molecule has 1 atom stereocenters. The third-order valence-corrected chi connectivity index (χ3v) is 3.63. The topological polar surface area (TPSA) is 29.9 Å². The summed E-state index contributed by atoms with van der Waals surface area (Å²) in [5, 5.41) is 7.61. The molecule has 1 N–H and O–H groups in total. The van der Waals surface area contributed by atoms with E-state index in [0.717, 1.165) is 29.1 Å². The smallest absolute Gasteiger partial charge is 0.128 e. The van der Waals surface area contributed by atoms with E-state index in [1.807, 2.05) is 27.8 Å². The first kappa shape index (κ1) is 14.7. The summed E-state index contributed by atoms with van der Waals surface area (Å²) < 4.78 is 28.6. The second-order valence-corrected chi connectivity index (χ2v) is 4.99. The van der Waals surface area contributed by atoms with Crippen LogP contribution in [-0.4, -0.2) is 16.8 Å². The van der Waals surface area contributed by atoms with Crippen LogP contribution in [0.25, 0.3) is 0 Å². The number of aromatic nitrogens is 2. The average molecular weight is 279 g/mol. The maximum Gasteiger partial charge on any atom is 0.128 e. The molecule has 1 aromatic carbocycles. The van der Waals surface area contributed by atoms with Gasteiger partial charge in [-0.25, -0.2) is 8.78 Å². The molecule has 108 valence electrons. The van der Waals surface area contributed by atoms with Gasteiger partial charge in [0.1, 0.15) is 11.6 Å². The van der Waals surface area contributed by atoms with Crippen molar-refractivity contribution in [3.05, 3.63) is 52.3 Å². The zero-order valence-electron chi connectivity index (χ0n) is 12.2. The maximum atomic E-state index is 13.7.